The van der Waals surface area contributed by atoms with Gasteiger partial charge in [0.05, 0.1) is 22.7 Å². The second-order valence-corrected chi connectivity index (χ2v) is 9.24. The largest absolute Gasteiger partial charge is 0.357 e. The molecule has 0 bridgehead atoms. The van der Waals surface area contributed by atoms with Crippen LogP contribution in [0.5, 0.6) is 0 Å². The van der Waals surface area contributed by atoms with Crippen molar-refractivity contribution < 1.29 is 4.79 Å². The summed E-state index contributed by atoms with van der Waals surface area (Å²) in [6.45, 7) is 5.75. The summed E-state index contributed by atoms with van der Waals surface area (Å²) in [5.74, 6) is 1.07. The van der Waals surface area contributed by atoms with E-state index in [4.69, 9.17) is 0 Å². The number of aromatic amines is 1. The number of likely N-dealkylation sites (N-methyl/N-ethyl adjacent to an activating group) is 1. The zero-order valence-electron chi connectivity index (χ0n) is 20.2. The minimum atomic E-state index is -0.222. The molecule has 0 saturated carbocycles. The smallest absolute Gasteiger partial charge is 0.257 e. The quantitative estimate of drug-likeness (QED) is 0.404. The fourth-order valence-electron chi connectivity index (χ4n) is 4.52. The summed E-state index contributed by atoms with van der Waals surface area (Å²) >= 11 is 0. The number of carbonyl (C=O) groups excluding carboxylic acids is 1. The molecule has 2 N–H and O–H groups in total. The molecule has 180 valence electrons. The zero-order valence-corrected chi connectivity index (χ0v) is 20.2. The van der Waals surface area contributed by atoms with Crippen LogP contribution in [0, 0.1) is 6.92 Å². The van der Waals surface area contributed by atoms with E-state index in [1.807, 2.05) is 43.6 Å². The fourth-order valence-corrected chi connectivity index (χ4v) is 4.52. The number of nitrogens with one attached hydrogen (secondary N) is 2. The highest BCUT2D eigenvalue weighted by atomic mass is 16.1. The molecule has 36 heavy (non-hydrogen) atoms. The number of rotatable bonds is 4. The molecule has 5 aromatic heterocycles. The average Bonchev–Trinajstić information content (AvgIpc) is 3.28. The van der Waals surface area contributed by atoms with Crippen LogP contribution in [0.2, 0.25) is 0 Å². The fraction of sp³-hybridized carbons (Fsp3) is 0.222. The van der Waals surface area contributed by atoms with Crippen molar-refractivity contribution in [2.75, 3.05) is 43.4 Å². The first-order chi connectivity index (χ1) is 17.5. The standard InChI is InChI=1S/C27H26N8O/c1-17-9-22-23(32-17)11-21(15-29-22)20-10-19-12-25(31-16-24(19)30-14-20)33-27(36)18-3-4-28-26(13-18)35-7-5-34(2)6-8-35/h3-4,9-16,32H,5-8H2,1-2H3,(H,31,33,36). The van der Waals surface area contributed by atoms with Gasteiger partial charge in [-0.3, -0.25) is 14.8 Å². The van der Waals surface area contributed by atoms with Crippen molar-refractivity contribution in [2.24, 2.45) is 0 Å². The van der Waals surface area contributed by atoms with Gasteiger partial charge in [-0.15, -0.1) is 0 Å². The normalized spacial score (nSPS) is 14.4. The Hall–Kier alpha value is -4.37. The lowest BCUT2D eigenvalue weighted by atomic mass is 10.1. The molecule has 0 atom stereocenters. The van der Waals surface area contributed by atoms with E-state index >= 15 is 0 Å². The minimum absolute atomic E-state index is 0.222. The van der Waals surface area contributed by atoms with Gasteiger partial charge in [0.1, 0.15) is 11.6 Å². The van der Waals surface area contributed by atoms with Crippen molar-refractivity contribution in [1.82, 2.24) is 29.8 Å². The lowest BCUT2D eigenvalue weighted by Crippen LogP contribution is -2.44. The molecule has 5 aromatic rings. The Bertz CT molecular complexity index is 1590. The molecule has 1 aliphatic rings. The number of carbonyl (C=O) groups is 1. The van der Waals surface area contributed by atoms with Crippen molar-refractivity contribution in [3.63, 3.8) is 0 Å². The summed E-state index contributed by atoms with van der Waals surface area (Å²) in [7, 11) is 2.11. The molecule has 0 aromatic carbocycles. The molecule has 1 fully saturated rings. The molecule has 0 spiro atoms. The van der Waals surface area contributed by atoms with E-state index in [1.54, 1.807) is 18.5 Å². The van der Waals surface area contributed by atoms with Gasteiger partial charge >= 0.3 is 0 Å². The van der Waals surface area contributed by atoms with Crippen LogP contribution in [0.15, 0.2) is 61.2 Å². The highest BCUT2D eigenvalue weighted by Gasteiger charge is 2.17. The number of nitrogens with zero attached hydrogens (tertiary/aromatic N) is 6. The van der Waals surface area contributed by atoms with Gasteiger partial charge in [-0.2, -0.15) is 0 Å². The first-order valence-electron chi connectivity index (χ1n) is 11.9. The third-order valence-corrected chi connectivity index (χ3v) is 6.58. The lowest BCUT2D eigenvalue weighted by Gasteiger charge is -2.33. The van der Waals surface area contributed by atoms with Crippen LogP contribution >= 0.6 is 0 Å². The van der Waals surface area contributed by atoms with Crippen LogP contribution in [0.4, 0.5) is 11.6 Å². The zero-order chi connectivity index (χ0) is 24.6. The predicted octanol–water partition coefficient (Wildman–Crippen LogP) is 3.88. The third kappa shape index (κ3) is 4.36. The van der Waals surface area contributed by atoms with Gasteiger partial charge in [-0.1, -0.05) is 0 Å². The van der Waals surface area contributed by atoms with Crippen molar-refractivity contribution in [1.29, 1.82) is 0 Å². The van der Waals surface area contributed by atoms with Gasteiger partial charge in [0, 0.05) is 72.5 Å². The summed E-state index contributed by atoms with van der Waals surface area (Å²) in [4.78, 5) is 38.8. The van der Waals surface area contributed by atoms with E-state index in [1.165, 1.54) is 0 Å². The number of aryl methyl sites for hydroxylation is 1. The van der Waals surface area contributed by atoms with Crippen LogP contribution < -0.4 is 10.2 Å². The van der Waals surface area contributed by atoms with Crippen LogP contribution in [0.3, 0.4) is 0 Å². The van der Waals surface area contributed by atoms with Crippen LogP contribution in [-0.2, 0) is 0 Å². The van der Waals surface area contributed by atoms with E-state index in [9.17, 15) is 4.79 Å². The Labute approximate surface area is 208 Å². The number of hydrogen-bond acceptors (Lipinski definition) is 7. The maximum absolute atomic E-state index is 13.0. The van der Waals surface area contributed by atoms with Crippen molar-refractivity contribution >= 4 is 39.5 Å². The van der Waals surface area contributed by atoms with Gasteiger partial charge < -0.3 is 20.1 Å². The van der Waals surface area contributed by atoms with Crippen LogP contribution in [-0.4, -0.2) is 69.0 Å². The van der Waals surface area contributed by atoms with Crippen molar-refractivity contribution in [3.8, 4) is 11.1 Å². The van der Waals surface area contributed by atoms with E-state index < -0.39 is 0 Å². The predicted molar refractivity (Wildman–Crippen MR) is 141 cm³/mol. The Kier molecular flexibility index (Phi) is 5.54. The Morgan fingerprint density at radius 3 is 2.50 bits per heavy atom. The minimum Gasteiger partial charge on any atom is -0.357 e. The molecule has 9 heteroatoms. The summed E-state index contributed by atoms with van der Waals surface area (Å²) < 4.78 is 0. The molecular weight excluding hydrogens is 452 g/mol. The van der Waals surface area contributed by atoms with Gasteiger partial charge in [0.25, 0.3) is 5.91 Å². The molecule has 1 amide bonds. The second kappa shape index (κ2) is 9.01. The summed E-state index contributed by atoms with van der Waals surface area (Å²) in [5.41, 5.74) is 6.21. The number of anilines is 2. The number of pyridine rings is 4. The monoisotopic (exact) mass is 478 g/mol. The van der Waals surface area contributed by atoms with Gasteiger partial charge in [-0.25, -0.2) is 9.97 Å². The molecule has 6 rings (SSSR count). The second-order valence-electron chi connectivity index (χ2n) is 9.24. The summed E-state index contributed by atoms with van der Waals surface area (Å²) in [6.07, 6.45) is 7.03. The SMILES string of the molecule is Cc1cc2ncc(-c3cnc4cnc(NC(=O)c5ccnc(N6CCN(C)CC6)c5)cc4c3)cc2[nH]1. The average molecular weight is 479 g/mol. The van der Waals surface area contributed by atoms with Crippen LogP contribution in [0.1, 0.15) is 16.1 Å². The summed E-state index contributed by atoms with van der Waals surface area (Å²) in [5, 5.41) is 3.81. The van der Waals surface area contributed by atoms with Gasteiger partial charge in [0.15, 0.2) is 0 Å². The number of H-pyrrole nitrogens is 1. The van der Waals surface area contributed by atoms with Gasteiger partial charge in [-0.05, 0) is 50.4 Å². The lowest BCUT2D eigenvalue weighted by molar-refractivity contribution is 0.102. The number of amides is 1. The molecule has 6 heterocycles. The highest BCUT2D eigenvalue weighted by Crippen LogP contribution is 2.26. The van der Waals surface area contributed by atoms with E-state index in [-0.39, 0.29) is 5.91 Å². The number of piperazine rings is 1. The van der Waals surface area contributed by atoms with E-state index in [0.29, 0.717) is 11.4 Å². The molecule has 1 aliphatic heterocycles. The van der Waals surface area contributed by atoms with Crippen molar-refractivity contribution in [2.45, 2.75) is 6.92 Å². The Balaban J connectivity index is 1.24. The molecular formula is C27H26N8O. The molecule has 0 radical (unpaired) electrons. The highest BCUT2D eigenvalue weighted by molar-refractivity contribution is 6.04. The number of fused-ring (bicyclic) bond motifs is 2. The topological polar surface area (TPSA) is 103 Å². The first kappa shape index (κ1) is 22.1. The van der Waals surface area contributed by atoms with Gasteiger partial charge in [0.2, 0.25) is 0 Å². The Morgan fingerprint density at radius 2 is 1.67 bits per heavy atom. The van der Waals surface area contributed by atoms with E-state index in [0.717, 1.165) is 70.8 Å². The first-order valence-corrected chi connectivity index (χ1v) is 11.9. The third-order valence-electron chi connectivity index (χ3n) is 6.58. The number of aromatic nitrogens is 5. The molecule has 0 aliphatic carbocycles. The van der Waals surface area contributed by atoms with Crippen molar-refractivity contribution in [3.05, 3.63) is 72.4 Å². The summed E-state index contributed by atoms with van der Waals surface area (Å²) in [6, 6.07) is 11.5. The number of hydrogen-bond donors (Lipinski definition) is 2. The maximum Gasteiger partial charge on any atom is 0.257 e. The van der Waals surface area contributed by atoms with Crippen LogP contribution in [0.25, 0.3) is 33.1 Å². The molecule has 0 unspecified atom stereocenters. The maximum atomic E-state index is 13.0. The molecule has 9 nitrogen and oxygen atoms in total. The Morgan fingerprint density at radius 1 is 0.889 bits per heavy atom. The van der Waals surface area contributed by atoms with E-state index in [2.05, 4.69) is 53.2 Å². The molecule has 1 saturated heterocycles.